The molecule has 0 amide bonds. The zero-order valence-corrected chi connectivity index (χ0v) is 7.77. The Kier molecular flexibility index (Phi) is 1.69. The zero-order chi connectivity index (χ0) is 9.64. The highest BCUT2D eigenvalue weighted by molar-refractivity contribution is 5.38. The number of aryl methyl sites for hydroxylation is 2. The van der Waals surface area contributed by atoms with Crippen molar-refractivity contribution in [1.29, 1.82) is 0 Å². The fourth-order valence-corrected chi connectivity index (χ4v) is 1.69. The Morgan fingerprint density at radius 3 is 2.46 bits per heavy atom. The summed E-state index contributed by atoms with van der Waals surface area (Å²) in [6.07, 6.45) is 0.0251. The van der Waals surface area contributed by atoms with Gasteiger partial charge in [0.25, 0.3) is 5.92 Å². The molecule has 0 nitrogen and oxygen atoms in total. The molecule has 13 heavy (non-hydrogen) atoms. The van der Waals surface area contributed by atoms with Gasteiger partial charge in [-0.05, 0) is 25.0 Å². The standard InChI is InChI=1S/C11H12F2/c1-7-3-4-8(2)9(5-7)10-6-11(10,12)13/h3-5,10H,6H2,1-2H3. The lowest BCUT2D eigenvalue weighted by Gasteiger charge is -2.05. The lowest BCUT2D eigenvalue weighted by atomic mass is 10.0. The Morgan fingerprint density at radius 2 is 1.92 bits per heavy atom. The van der Waals surface area contributed by atoms with Crippen LogP contribution in [0.3, 0.4) is 0 Å². The molecule has 1 fully saturated rings. The van der Waals surface area contributed by atoms with Crippen LogP contribution in [0, 0.1) is 13.8 Å². The predicted octanol–water partition coefficient (Wildman–Crippen LogP) is 3.43. The second kappa shape index (κ2) is 2.53. The molecule has 0 heterocycles. The highest BCUT2D eigenvalue weighted by atomic mass is 19.3. The van der Waals surface area contributed by atoms with Crippen LogP contribution in [-0.2, 0) is 0 Å². The number of benzene rings is 1. The number of halogens is 2. The van der Waals surface area contributed by atoms with Crippen LogP contribution < -0.4 is 0 Å². The van der Waals surface area contributed by atoms with Gasteiger partial charge in [0, 0.05) is 6.42 Å². The molecule has 70 valence electrons. The Balaban J connectivity index is 2.36. The molecule has 0 radical (unpaired) electrons. The second-order valence-corrected chi connectivity index (χ2v) is 3.88. The Morgan fingerprint density at radius 1 is 1.31 bits per heavy atom. The van der Waals surface area contributed by atoms with Crippen molar-refractivity contribution in [3.05, 3.63) is 34.9 Å². The summed E-state index contributed by atoms with van der Waals surface area (Å²) in [5.41, 5.74) is 2.86. The maximum atomic E-state index is 12.8. The molecule has 0 bridgehead atoms. The molecule has 1 aliphatic rings. The first kappa shape index (κ1) is 8.67. The number of hydrogen-bond donors (Lipinski definition) is 0. The Labute approximate surface area is 76.6 Å². The van der Waals surface area contributed by atoms with Gasteiger partial charge < -0.3 is 0 Å². The quantitative estimate of drug-likeness (QED) is 0.624. The van der Waals surface area contributed by atoms with E-state index in [4.69, 9.17) is 0 Å². The average Bonchev–Trinajstić information content (AvgIpc) is 2.65. The van der Waals surface area contributed by atoms with E-state index >= 15 is 0 Å². The van der Waals surface area contributed by atoms with Gasteiger partial charge in [0.15, 0.2) is 0 Å². The summed E-state index contributed by atoms with van der Waals surface area (Å²) >= 11 is 0. The van der Waals surface area contributed by atoms with E-state index in [0.717, 1.165) is 16.7 Å². The largest absolute Gasteiger partial charge is 0.255 e. The average molecular weight is 182 g/mol. The molecule has 0 aromatic heterocycles. The molecule has 1 unspecified atom stereocenters. The molecule has 1 aromatic rings. The maximum Gasteiger partial charge on any atom is 0.255 e. The first-order valence-corrected chi connectivity index (χ1v) is 4.46. The molecule has 1 aromatic carbocycles. The van der Waals surface area contributed by atoms with Crippen molar-refractivity contribution >= 4 is 0 Å². The van der Waals surface area contributed by atoms with Crippen LogP contribution in [0.4, 0.5) is 8.78 Å². The highest BCUT2D eigenvalue weighted by Gasteiger charge is 2.57. The van der Waals surface area contributed by atoms with Crippen molar-refractivity contribution < 1.29 is 8.78 Å². The fourth-order valence-electron chi connectivity index (χ4n) is 1.69. The third kappa shape index (κ3) is 1.45. The predicted molar refractivity (Wildman–Crippen MR) is 48.2 cm³/mol. The van der Waals surface area contributed by atoms with Crippen LogP contribution >= 0.6 is 0 Å². The Bertz CT molecular complexity index is 342. The summed E-state index contributed by atoms with van der Waals surface area (Å²) in [6, 6.07) is 5.75. The van der Waals surface area contributed by atoms with Gasteiger partial charge in [-0.25, -0.2) is 8.78 Å². The molecule has 2 heteroatoms. The zero-order valence-electron chi connectivity index (χ0n) is 7.77. The lowest BCUT2D eigenvalue weighted by molar-refractivity contribution is 0.112. The van der Waals surface area contributed by atoms with Crippen molar-refractivity contribution in [1.82, 2.24) is 0 Å². The van der Waals surface area contributed by atoms with Crippen molar-refractivity contribution in [3.8, 4) is 0 Å². The second-order valence-electron chi connectivity index (χ2n) is 3.88. The molecular weight excluding hydrogens is 170 g/mol. The van der Waals surface area contributed by atoms with Crippen LogP contribution in [0.1, 0.15) is 29.0 Å². The van der Waals surface area contributed by atoms with Crippen LogP contribution in [0.2, 0.25) is 0 Å². The van der Waals surface area contributed by atoms with Crippen molar-refractivity contribution in [2.45, 2.75) is 32.1 Å². The van der Waals surface area contributed by atoms with E-state index in [1.165, 1.54) is 0 Å². The van der Waals surface area contributed by atoms with Crippen molar-refractivity contribution in [3.63, 3.8) is 0 Å². The molecule has 1 saturated carbocycles. The first-order valence-electron chi connectivity index (χ1n) is 4.46. The number of rotatable bonds is 1. The van der Waals surface area contributed by atoms with E-state index in [0.29, 0.717) is 0 Å². The summed E-state index contributed by atoms with van der Waals surface area (Å²) in [5, 5.41) is 0. The SMILES string of the molecule is Cc1ccc(C)c(C2CC2(F)F)c1. The molecular formula is C11H12F2. The van der Waals surface area contributed by atoms with E-state index in [1.54, 1.807) is 0 Å². The van der Waals surface area contributed by atoms with E-state index in [1.807, 2.05) is 32.0 Å². The first-order chi connectivity index (χ1) is 6.00. The number of hydrogen-bond acceptors (Lipinski definition) is 0. The molecule has 2 rings (SSSR count). The van der Waals surface area contributed by atoms with E-state index < -0.39 is 11.8 Å². The maximum absolute atomic E-state index is 12.8. The van der Waals surface area contributed by atoms with Gasteiger partial charge in [0.1, 0.15) is 0 Å². The van der Waals surface area contributed by atoms with Crippen LogP contribution in [0.15, 0.2) is 18.2 Å². The lowest BCUT2D eigenvalue weighted by Crippen LogP contribution is -1.95. The minimum atomic E-state index is -2.45. The molecule has 1 atom stereocenters. The molecule has 1 aliphatic carbocycles. The topological polar surface area (TPSA) is 0 Å². The summed E-state index contributed by atoms with van der Waals surface area (Å²) in [5.74, 6) is -2.97. The van der Waals surface area contributed by atoms with Crippen molar-refractivity contribution in [2.24, 2.45) is 0 Å². The van der Waals surface area contributed by atoms with Crippen molar-refractivity contribution in [2.75, 3.05) is 0 Å². The minimum absolute atomic E-state index is 0.0251. The van der Waals surface area contributed by atoms with Crippen LogP contribution in [-0.4, -0.2) is 5.92 Å². The van der Waals surface area contributed by atoms with E-state index in [9.17, 15) is 8.78 Å². The van der Waals surface area contributed by atoms with Gasteiger partial charge in [0.05, 0.1) is 5.92 Å². The summed E-state index contributed by atoms with van der Waals surface area (Å²) in [4.78, 5) is 0. The van der Waals surface area contributed by atoms with Gasteiger partial charge in [-0.2, -0.15) is 0 Å². The Hall–Kier alpha value is -0.920. The van der Waals surface area contributed by atoms with Gasteiger partial charge in [0.2, 0.25) is 0 Å². The molecule has 0 spiro atoms. The fraction of sp³-hybridized carbons (Fsp3) is 0.455. The third-order valence-corrected chi connectivity index (χ3v) is 2.64. The highest BCUT2D eigenvalue weighted by Crippen LogP contribution is 2.56. The summed E-state index contributed by atoms with van der Waals surface area (Å²) < 4.78 is 25.6. The third-order valence-electron chi connectivity index (χ3n) is 2.64. The molecule has 0 saturated heterocycles. The summed E-state index contributed by atoms with van der Waals surface area (Å²) in [7, 11) is 0. The minimum Gasteiger partial charge on any atom is -0.206 e. The van der Waals surface area contributed by atoms with Gasteiger partial charge in [-0.15, -0.1) is 0 Å². The van der Waals surface area contributed by atoms with Gasteiger partial charge in [-0.3, -0.25) is 0 Å². The smallest absolute Gasteiger partial charge is 0.206 e. The van der Waals surface area contributed by atoms with Crippen LogP contribution in [0.25, 0.3) is 0 Å². The monoisotopic (exact) mass is 182 g/mol. The van der Waals surface area contributed by atoms with Gasteiger partial charge >= 0.3 is 0 Å². The molecule has 0 N–H and O–H groups in total. The molecule has 0 aliphatic heterocycles. The number of alkyl halides is 2. The van der Waals surface area contributed by atoms with E-state index in [-0.39, 0.29) is 6.42 Å². The van der Waals surface area contributed by atoms with Gasteiger partial charge in [-0.1, -0.05) is 23.8 Å². The normalized spacial score (nSPS) is 24.5. The summed E-state index contributed by atoms with van der Waals surface area (Å²) in [6.45, 7) is 3.83. The van der Waals surface area contributed by atoms with E-state index in [2.05, 4.69) is 0 Å². The van der Waals surface area contributed by atoms with Crippen LogP contribution in [0.5, 0.6) is 0 Å².